The summed E-state index contributed by atoms with van der Waals surface area (Å²) in [7, 11) is 0. The third kappa shape index (κ3) is 1.48. The molecule has 1 atom stereocenters. The van der Waals surface area contributed by atoms with Gasteiger partial charge in [-0.2, -0.15) is 0 Å². The summed E-state index contributed by atoms with van der Waals surface area (Å²) in [5.74, 6) is 0.695. The van der Waals surface area contributed by atoms with E-state index in [1.165, 1.54) is 18.4 Å². The Labute approximate surface area is 72.8 Å². The van der Waals surface area contributed by atoms with E-state index in [4.69, 9.17) is 5.73 Å². The first kappa shape index (κ1) is 7.74. The van der Waals surface area contributed by atoms with Gasteiger partial charge in [0.25, 0.3) is 0 Å². The highest BCUT2D eigenvalue weighted by molar-refractivity contribution is 5.16. The Morgan fingerprint density at radius 2 is 2.25 bits per heavy atom. The molecule has 1 saturated carbocycles. The Kier molecular flexibility index (Phi) is 1.85. The highest BCUT2D eigenvalue weighted by atomic mass is 14.8. The van der Waals surface area contributed by atoms with Gasteiger partial charge in [0, 0.05) is 12.2 Å². The van der Waals surface area contributed by atoms with Gasteiger partial charge in [-0.3, -0.25) is 4.98 Å². The SMILES string of the molecule is Cc1ccc([C@H](N)C2CC2)nc1. The number of rotatable bonds is 2. The third-order valence-corrected chi connectivity index (χ3v) is 2.41. The lowest BCUT2D eigenvalue weighted by molar-refractivity contribution is 0.614. The molecule has 1 aliphatic rings. The summed E-state index contributed by atoms with van der Waals surface area (Å²) >= 11 is 0. The average molecular weight is 162 g/mol. The van der Waals surface area contributed by atoms with E-state index >= 15 is 0 Å². The normalized spacial score (nSPS) is 19.2. The molecule has 1 aromatic heterocycles. The lowest BCUT2D eigenvalue weighted by Gasteiger charge is -2.08. The Morgan fingerprint density at radius 1 is 1.50 bits per heavy atom. The van der Waals surface area contributed by atoms with Crippen molar-refractivity contribution in [3.8, 4) is 0 Å². The zero-order chi connectivity index (χ0) is 8.55. The Bertz CT molecular complexity index is 262. The van der Waals surface area contributed by atoms with Crippen LogP contribution in [0.3, 0.4) is 0 Å². The number of aromatic nitrogens is 1. The van der Waals surface area contributed by atoms with Crippen LogP contribution >= 0.6 is 0 Å². The van der Waals surface area contributed by atoms with Crippen LogP contribution in [0.5, 0.6) is 0 Å². The summed E-state index contributed by atoms with van der Waals surface area (Å²) in [4.78, 5) is 4.31. The number of nitrogens with zero attached hydrogens (tertiary/aromatic N) is 1. The molecule has 2 rings (SSSR count). The number of aryl methyl sites for hydroxylation is 1. The van der Waals surface area contributed by atoms with Gasteiger partial charge < -0.3 is 5.73 Å². The molecule has 1 heterocycles. The van der Waals surface area contributed by atoms with Gasteiger partial charge in [-0.1, -0.05) is 6.07 Å². The molecule has 12 heavy (non-hydrogen) atoms. The van der Waals surface area contributed by atoms with Crippen LogP contribution in [0.25, 0.3) is 0 Å². The first-order valence-electron chi connectivity index (χ1n) is 4.45. The monoisotopic (exact) mass is 162 g/mol. The summed E-state index contributed by atoms with van der Waals surface area (Å²) in [6.45, 7) is 2.04. The van der Waals surface area contributed by atoms with E-state index in [-0.39, 0.29) is 6.04 Å². The fraction of sp³-hybridized carbons (Fsp3) is 0.500. The zero-order valence-corrected chi connectivity index (χ0v) is 7.33. The molecule has 1 aliphatic carbocycles. The Morgan fingerprint density at radius 3 is 2.75 bits per heavy atom. The van der Waals surface area contributed by atoms with E-state index in [1.807, 2.05) is 19.2 Å². The predicted molar refractivity (Wildman–Crippen MR) is 48.6 cm³/mol. The maximum atomic E-state index is 5.99. The second kappa shape index (κ2) is 2.87. The van der Waals surface area contributed by atoms with E-state index in [9.17, 15) is 0 Å². The molecule has 2 heteroatoms. The first-order chi connectivity index (χ1) is 5.77. The fourth-order valence-corrected chi connectivity index (χ4v) is 1.37. The minimum Gasteiger partial charge on any atom is -0.322 e. The lowest BCUT2D eigenvalue weighted by atomic mass is 10.1. The van der Waals surface area contributed by atoms with Crippen molar-refractivity contribution in [2.45, 2.75) is 25.8 Å². The number of pyridine rings is 1. The van der Waals surface area contributed by atoms with Crippen LogP contribution in [-0.4, -0.2) is 4.98 Å². The van der Waals surface area contributed by atoms with Crippen LogP contribution in [0.1, 0.15) is 30.1 Å². The highest BCUT2D eigenvalue weighted by Crippen LogP contribution is 2.38. The number of hydrogen-bond donors (Lipinski definition) is 1. The lowest BCUT2D eigenvalue weighted by Crippen LogP contribution is -2.13. The molecule has 0 saturated heterocycles. The van der Waals surface area contributed by atoms with Gasteiger partial charge in [0.05, 0.1) is 5.69 Å². The van der Waals surface area contributed by atoms with Gasteiger partial charge in [0.15, 0.2) is 0 Å². The van der Waals surface area contributed by atoms with Crippen molar-refractivity contribution in [1.82, 2.24) is 4.98 Å². The smallest absolute Gasteiger partial charge is 0.0574 e. The van der Waals surface area contributed by atoms with Crippen LogP contribution in [0.15, 0.2) is 18.3 Å². The standard InChI is InChI=1S/C10H14N2/c1-7-2-5-9(12-6-7)10(11)8-3-4-8/h2,5-6,8,10H,3-4,11H2,1H3/t10-/m1/s1. The van der Waals surface area contributed by atoms with E-state index in [1.54, 1.807) is 0 Å². The number of hydrogen-bond acceptors (Lipinski definition) is 2. The largest absolute Gasteiger partial charge is 0.322 e. The molecule has 2 N–H and O–H groups in total. The summed E-state index contributed by atoms with van der Waals surface area (Å²) in [5, 5.41) is 0. The van der Waals surface area contributed by atoms with Crippen LogP contribution in [0.2, 0.25) is 0 Å². The van der Waals surface area contributed by atoms with Gasteiger partial charge in [-0.05, 0) is 37.3 Å². The quantitative estimate of drug-likeness (QED) is 0.720. The van der Waals surface area contributed by atoms with Crippen molar-refractivity contribution in [3.63, 3.8) is 0 Å². The molecule has 0 bridgehead atoms. The zero-order valence-electron chi connectivity index (χ0n) is 7.33. The molecule has 0 amide bonds. The van der Waals surface area contributed by atoms with Crippen molar-refractivity contribution < 1.29 is 0 Å². The van der Waals surface area contributed by atoms with E-state index in [2.05, 4.69) is 11.1 Å². The summed E-state index contributed by atoms with van der Waals surface area (Å²) in [6, 6.07) is 4.29. The van der Waals surface area contributed by atoms with Crippen LogP contribution in [0.4, 0.5) is 0 Å². The molecule has 2 nitrogen and oxygen atoms in total. The van der Waals surface area contributed by atoms with Crippen LogP contribution in [-0.2, 0) is 0 Å². The number of nitrogens with two attached hydrogens (primary N) is 1. The van der Waals surface area contributed by atoms with Gasteiger partial charge in [-0.15, -0.1) is 0 Å². The van der Waals surface area contributed by atoms with E-state index < -0.39 is 0 Å². The van der Waals surface area contributed by atoms with Gasteiger partial charge >= 0.3 is 0 Å². The van der Waals surface area contributed by atoms with Crippen molar-refractivity contribution in [2.75, 3.05) is 0 Å². The van der Waals surface area contributed by atoms with Crippen LogP contribution < -0.4 is 5.73 Å². The van der Waals surface area contributed by atoms with Gasteiger partial charge in [-0.25, -0.2) is 0 Å². The maximum absolute atomic E-state index is 5.99. The van der Waals surface area contributed by atoms with E-state index in [0.717, 1.165) is 5.69 Å². The van der Waals surface area contributed by atoms with Gasteiger partial charge in [0.2, 0.25) is 0 Å². The minimum absolute atomic E-state index is 0.172. The summed E-state index contributed by atoms with van der Waals surface area (Å²) in [5.41, 5.74) is 8.23. The highest BCUT2D eigenvalue weighted by Gasteiger charge is 2.29. The molecule has 64 valence electrons. The van der Waals surface area contributed by atoms with Crippen molar-refractivity contribution in [2.24, 2.45) is 11.7 Å². The Hall–Kier alpha value is -0.890. The molecule has 0 unspecified atom stereocenters. The second-order valence-electron chi connectivity index (χ2n) is 3.62. The molecule has 1 aromatic rings. The summed E-state index contributed by atoms with van der Waals surface area (Å²) in [6.07, 6.45) is 4.44. The molecule has 0 spiro atoms. The second-order valence-corrected chi connectivity index (χ2v) is 3.62. The molecule has 1 fully saturated rings. The molecule has 0 aromatic carbocycles. The Balaban J connectivity index is 2.16. The van der Waals surface area contributed by atoms with Crippen LogP contribution in [0, 0.1) is 12.8 Å². The fourth-order valence-electron chi connectivity index (χ4n) is 1.37. The van der Waals surface area contributed by atoms with Gasteiger partial charge in [0.1, 0.15) is 0 Å². The molecular weight excluding hydrogens is 148 g/mol. The average Bonchev–Trinajstić information content (AvgIpc) is 2.87. The van der Waals surface area contributed by atoms with Crippen molar-refractivity contribution in [3.05, 3.63) is 29.6 Å². The molecular formula is C10H14N2. The summed E-state index contributed by atoms with van der Waals surface area (Å²) < 4.78 is 0. The van der Waals surface area contributed by atoms with Crippen molar-refractivity contribution in [1.29, 1.82) is 0 Å². The predicted octanol–water partition coefficient (Wildman–Crippen LogP) is 1.80. The third-order valence-electron chi connectivity index (χ3n) is 2.41. The molecule has 0 radical (unpaired) electrons. The topological polar surface area (TPSA) is 38.9 Å². The maximum Gasteiger partial charge on any atom is 0.0574 e. The first-order valence-corrected chi connectivity index (χ1v) is 4.45. The minimum atomic E-state index is 0.172. The molecule has 0 aliphatic heterocycles. The van der Waals surface area contributed by atoms with Crippen molar-refractivity contribution >= 4 is 0 Å². The van der Waals surface area contributed by atoms with E-state index in [0.29, 0.717) is 5.92 Å².